The Morgan fingerprint density at radius 3 is 2.11 bits per heavy atom. The van der Waals surface area contributed by atoms with E-state index in [2.05, 4.69) is 112 Å². The van der Waals surface area contributed by atoms with Gasteiger partial charge in [0.1, 0.15) is 18.1 Å². The summed E-state index contributed by atoms with van der Waals surface area (Å²) in [7, 11) is 5.25. The van der Waals surface area contributed by atoms with Crippen LogP contribution in [0.2, 0.25) is 0 Å². The van der Waals surface area contributed by atoms with Crippen molar-refractivity contribution >= 4 is 20.0 Å². The second kappa shape index (κ2) is 8.71. The first-order valence-electron chi connectivity index (χ1n) is 9.49. The van der Waals surface area contributed by atoms with E-state index in [1.807, 2.05) is 0 Å². The van der Waals surface area contributed by atoms with E-state index >= 15 is 0 Å². The molecule has 0 amide bonds. The van der Waals surface area contributed by atoms with Crippen molar-refractivity contribution in [2.75, 3.05) is 0 Å². The van der Waals surface area contributed by atoms with E-state index in [9.17, 15) is 0 Å². The molecule has 1 unspecified atom stereocenters. The quantitative estimate of drug-likeness (QED) is 0.223. The predicted octanol–water partition coefficient (Wildman–Crippen LogP) is 1.88. The fraction of sp³-hybridized carbons (Fsp3) is 0.348. The van der Waals surface area contributed by atoms with Gasteiger partial charge in [0.2, 0.25) is 0 Å². The fourth-order valence-electron chi connectivity index (χ4n) is 3.82. The molecule has 3 rings (SSSR count). The lowest BCUT2D eigenvalue weighted by Crippen LogP contribution is -3.00. The Kier molecular flexibility index (Phi) is 7.20. The molecule has 1 aromatic heterocycles. The molecule has 0 aliphatic rings. The summed E-state index contributed by atoms with van der Waals surface area (Å²) in [4.78, 5) is 0. The summed E-state index contributed by atoms with van der Waals surface area (Å²) in [5.74, 6) is 0. The van der Waals surface area contributed by atoms with E-state index < -0.39 is 7.14 Å². The van der Waals surface area contributed by atoms with Gasteiger partial charge in [-0.05, 0) is 64.8 Å². The van der Waals surface area contributed by atoms with Gasteiger partial charge in [0.15, 0.2) is 6.29 Å². The summed E-state index contributed by atoms with van der Waals surface area (Å²) >= 11 is 0. The number of halogens is 1. The Bertz CT molecular complexity index is 924. The minimum Gasteiger partial charge on any atom is -1.00 e. The Hall–Kier alpha value is -1.13. The van der Waals surface area contributed by atoms with Crippen LogP contribution in [0.25, 0.3) is 5.69 Å². The number of nitrogens with zero attached hydrogens (tertiary/aromatic N) is 2. The number of aromatic nitrogens is 2. The van der Waals surface area contributed by atoms with E-state index in [0.717, 1.165) is 6.29 Å². The smallest absolute Gasteiger partial charge is 0.376 e. The third-order valence-electron chi connectivity index (χ3n) is 5.39. The molecular weight excluding hydrogens is 473 g/mol. The molecular formula is C23H30BIN2P+. The molecule has 0 spiro atoms. The highest BCUT2D eigenvalue weighted by Crippen LogP contribution is 2.63. The van der Waals surface area contributed by atoms with E-state index in [-0.39, 0.29) is 29.1 Å². The second-order valence-corrected chi connectivity index (χ2v) is 12.5. The van der Waals surface area contributed by atoms with Crippen LogP contribution in [-0.4, -0.2) is 17.3 Å². The molecule has 2 nitrogen and oxygen atoms in total. The zero-order chi connectivity index (χ0) is 19.8. The molecule has 0 aliphatic heterocycles. The summed E-state index contributed by atoms with van der Waals surface area (Å²) in [6.45, 7) is 13.3. The minimum atomic E-state index is -1.89. The normalized spacial score (nSPS) is 13.6. The lowest BCUT2D eigenvalue weighted by atomic mass is 10.1. The number of benzene rings is 2. The highest BCUT2D eigenvalue weighted by atomic mass is 127. The van der Waals surface area contributed by atoms with E-state index in [0.29, 0.717) is 0 Å². The van der Waals surface area contributed by atoms with Crippen LogP contribution in [0, 0.1) is 20.8 Å². The third kappa shape index (κ3) is 4.54. The van der Waals surface area contributed by atoms with Crippen molar-refractivity contribution in [3.63, 3.8) is 0 Å². The van der Waals surface area contributed by atoms with Gasteiger partial charge in [-0.25, -0.2) is 9.13 Å². The molecule has 0 bridgehead atoms. The van der Waals surface area contributed by atoms with Gasteiger partial charge in [0.05, 0.1) is 10.5 Å². The van der Waals surface area contributed by atoms with Gasteiger partial charge in [-0.2, -0.15) is 0 Å². The monoisotopic (exact) mass is 503 g/mol. The zero-order valence-corrected chi connectivity index (χ0v) is 20.8. The average molecular weight is 503 g/mol. The highest BCUT2D eigenvalue weighted by Gasteiger charge is 2.48. The van der Waals surface area contributed by atoms with Crippen LogP contribution in [0.5, 0.6) is 0 Å². The van der Waals surface area contributed by atoms with Gasteiger partial charge >= 0.3 is 7.57 Å². The van der Waals surface area contributed by atoms with E-state index in [1.54, 1.807) is 0 Å². The van der Waals surface area contributed by atoms with Crippen molar-refractivity contribution < 1.29 is 28.5 Å². The molecule has 2 radical (unpaired) electrons. The lowest BCUT2D eigenvalue weighted by molar-refractivity contribution is -0.677. The molecule has 0 saturated heterocycles. The molecule has 1 heterocycles. The Morgan fingerprint density at radius 2 is 1.57 bits per heavy atom. The van der Waals surface area contributed by atoms with Gasteiger partial charge in [-0.3, -0.25) is 0 Å². The molecule has 1 atom stereocenters. The SMILES string of the molecule is [B][P+](C[n+]1ccn(-c2c(C)cc(C)cc2C)c1)(c1ccccc1)C(C)(C)C.[I-]. The van der Waals surface area contributed by atoms with Crippen LogP contribution in [0.4, 0.5) is 0 Å². The summed E-state index contributed by atoms with van der Waals surface area (Å²) < 4.78 is 4.48. The summed E-state index contributed by atoms with van der Waals surface area (Å²) in [6.07, 6.45) is 7.30. The zero-order valence-electron chi connectivity index (χ0n) is 17.8. The average Bonchev–Trinajstić information content (AvgIpc) is 3.01. The topological polar surface area (TPSA) is 8.81 Å². The van der Waals surface area contributed by atoms with E-state index in [4.69, 9.17) is 7.57 Å². The van der Waals surface area contributed by atoms with Gasteiger partial charge in [-0.1, -0.05) is 35.9 Å². The maximum atomic E-state index is 7.14. The Morgan fingerprint density at radius 1 is 1.00 bits per heavy atom. The lowest BCUT2D eigenvalue weighted by Gasteiger charge is -2.34. The third-order valence-corrected chi connectivity index (χ3v) is 9.77. The van der Waals surface area contributed by atoms with E-state index in [1.165, 1.54) is 27.7 Å². The van der Waals surface area contributed by atoms with Gasteiger partial charge < -0.3 is 24.0 Å². The van der Waals surface area contributed by atoms with Crippen molar-refractivity contribution in [2.45, 2.75) is 53.0 Å². The number of imidazole rings is 1. The molecule has 3 aromatic rings. The summed E-state index contributed by atoms with van der Waals surface area (Å²) in [6, 6.07) is 15.1. The fourth-order valence-corrected chi connectivity index (χ4v) is 6.57. The highest BCUT2D eigenvalue weighted by molar-refractivity contribution is 8.03. The number of hydrogen-bond donors (Lipinski definition) is 0. The van der Waals surface area contributed by atoms with Crippen LogP contribution >= 0.6 is 7.14 Å². The maximum absolute atomic E-state index is 7.14. The molecule has 0 saturated carbocycles. The number of rotatable bonds is 4. The Balaban J connectivity index is 0.00000280. The Labute approximate surface area is 189 Å². The van der Waals surface area contributed by atoms with Crippen molar-refractivity contribution in [2.24, 2.45) is 0 Å². The first kappa shape index (κ1) is 23.2. The van der Waals surface area contributed by atoms with Crippen LogP contribution < -0.4 is 33.8 Å². The summed E-state index contributed by atoms with van der Waals surface area (Å²) in [5, 5.41) is 1.31. The molecule has 28 heavy (non-hydrogen) atoms. The van der Waals surface area contributed by atoms with Gasteiger partial charge in [0, 0.05) is 7.14 Å². The molecule has 0 fully saturated rings. The second-order valence-electron chi connectivity index (χ2n) is 8.60. The standard InChI is InChI=1S/C23H30BN2P.HI/c1-18-14-19(2)22(20(3)15-18)26-13-12-25(16-26)17-27(24,23(4,5)6)21-10-8-7-9-11-21;/h7-16H,17H2,1-6H3;1H/q+2;/p-1. The van der Waals surface area contributed by atoms with Crippen molar-refractivity contribution in [1.29, 1.82) is 0 Å². The number of aryl methyl sites for hydroxylation is 3. The van der Waals surface area contributed by atoms with Crippen LogP contribution in [-0.2, 0) is 6.29 Å². The first-order chi connectivity index (χ1) is 12.6. The molecule has 0 N–H and O–H groups in total. The summed E-state index contributed by atoms with van der Waals surface area (Å²) in [5.41, 5.74) is 5.15. The van der Waals surface area contributed by atoms with Crippen molar-refractivity contribution in [3.05, 3.63) is 77.9 Å². The molecule has 5 heteroatoms. The first-order valence-corrected chi connectivity index (χ1v) is 11.5. The molecule has 2 aromatic carbocycles. The largest absolute Gasteiger partial charge is 1.00 e. The predicted molar refractivity (Wildman–Crippen MR) is 119 cm³/mol. The number of hydrogen-bond acceptors (Lipinski definition) is 0. The van der Waals surface area contributed by atoms with Crippen LogP contribution in [0.1, 0.15) is 37.5 Å². The minimum absolute atomic E-state index is 0. The van der Waals surface area contributed by atoms with Crippen molar-refractivity contribution in [1.82, 2.24) is 4.57 Å². The molecule has 146 valence electrons. The van der Waals surface area contributed by atoms with Crippen LogP contribution in [0.3, 0.4) is 0 Å². The van der Waals surface area contributed by atoms with Crippen molar-refractivity contribution in [3.8, 4) is 5.69 Å². The van der Waals surface area contributed by atoms with Gasteiger partial charge in [0.25, 0.3) is 6.33 Å². The maximum Gasteiger partial charge on any atom is 0.376 e. The van der Waals surface area contributed by atoms with Gasteiger partial charge in [-0.15, -0.1) is 0 Å². The molecule has 0 aliphatic carbocycles. The van der Waals surface area contributed by atoms with Crippen LogP contribution in [0.15, 0.2) is 61.2 Å².